The van der Waals surface area contributed by atoms with Gasteiger partial charge in [0.25, 0.3) is 0 Å². The molecule has 0 amide bonds. The first-order valence-corrected chi connectivity index (χ1v) is 8.63. The molecule has 4 nitrogen and oxygen atoms in total. The second kappa shape index (κ2) is 6.56. The summed E-state index contributed by atoms with van der Waals surface area (Å²) in [6.07, 6.45) is 0.271. The van der Waals surface area contributed by atoms with Crippen molar-refractivity contribution in [1.29, 1.82) is 0 Å². The van der Waals surface area contributed by atoms with E-state index in [-0.39, 0.29) is 12.2 Å². The van der Waals surface area contributed by atoms with Crippen molar-refractivity contribution in [3.8, 4) is 5.69 Å². The third kappa shape index (κ3) is 2.90. The summed E-state index contributed by atoms with van der Waals surface area (Å²) in [4.78, 5) is 17.6. The highest BCUT2D eigenvalue weighted by atomic mass is 16.1. The van der Waals surface area contributed by atoms with Gasteiger partial charge in [-0.1, -0.05) is 42.5 Å². The van der Waals surface area contributed by atoms with Crippen LogP contribution in [0.4, 0.5) is 0 Å². The summed E-state index contributed by atoms with van der Waals surface area (Å²) in [5.41, 5.74) is 4.93. The first-order chi connectivity index (χ1) is 12.6. The zero-order valence-corrected chi connectivity index (χ0v) is 14.8. The highest BCUT2D eigenvalue weighted by Crippen LogP contribution is 2.20. The largest absolute Gasteiger partial charge is 0.294 e. The van der Waals surface area contributed by atoms with E-state index in [1.165, 1.54) is 0 Å². The van der Waals surface area contributed by atoms with Crippen LogP contribution in [0, 0.1) is 13.8 Å². The molecule has 128 valence electrons. The minimum atomic E-state index is 0.0463. The number of benzene rings is 2. The van der Waals surface area contributed by atoms with Crippen LogP contribution in [0.5, 0.6) is 0 Å². The zero-order valence-electron chi connectivity index (χ0n) is 14.8. The van der Waals surface area contributed by atoms with Crippen molar-refractivity contribution in [3.63, 3.8) is 0 Å². The molecule has 0 aliphatic rings. The molecular weight excluding hydrogens is 322 g/mol. The molecule has 0 aliphatic carbocycles. The van der Waals surface area contributed by atoms with Crippen LogP contribution in [0.2, 0.25) is 0 Å². The lowest BCUT2D eigenvalue weighted by Crippen LogP contribution is -2.08. The van der Waals surface area contributed by atoms with Crippen LogP contribution < -0.4 is 0 Å². The number of Topliss-reactive ketones (excluding diaryl/α,β-unsaturated/α-hetero) is 1. The molecule has 4 heteroatoms. The summed E-state index contributed by atoms with van der Waals surface area (Å²) in [5.74, 6) is 0.0463. The van der Waals surface area contributed by atoms with Gasteiger partial charge < -0.3 is 0 Å². The van der Waals surface area contributed by atoms with Crippen molar-refractivity contribution >= 4 is 16.7 Å². The molecule has 0 fully saturated rings. The van der Waals surface area contributed by atoms with Gasteiger partial charge in [-0.05, 0) is 38.1 Å². The van der Waals surface area contributed by atoms with Gasteiger partial charge >= 0.3 is 0 Å². The van der Waals surface area contributed by atoms with Gasteiger partial charge in [-0.3, -0.25) is 9.78 Å². The van der Waals surface area contributed by atoms with E-state index in [0.29, 0.717) is 5.56 Å². The molecule has 0 saturated carbocycles. The van der Waals surface area contributed by atoms with E-state index in [9.17, 15) is 4.79 Å². The van der Waals surface area contributed by atoms with E-state index < -0.39 is 0 Å². The lowest BCUT2D eigenvalue weighted by Gasteiger charge is -2.05. The number of para-hydroxylation sites is 2. The molecule has 4 aromatic rings. The Balaban J connectivity index is 1.66. The maximum Gasteiger partial charge on any atom is 0.172 e. The molecule has 4 rings (SSSR count). The van der Waals surface area contributed by atoms with Crippen LogP contribution in [0.25, 0.3) is 16.6 Å². The number of aryl methyl sites for hydroxylation is 1. The van der Waals surface area contributed by atoms with Gasteiger partial charge in [0, 0.05) is 11.1 Å². The van der Waals surface area contributed by atoms with E-state index in [2.05, 4.69) is 10.1 Å². The molecule has 0 aliphatic heterocycles. The van der Waals surface area contributed by atoms with E-state index in [0.717, 1.165) is 33.7 Å². The lowest BCUT2D eigenvalue weighted by atomic mass is 10.0. The quantitative estimate of drug-likeness (QED) is 0.515. The standard InChI is InChI=1S/C22H19N3O/c1-15-22(16(2)25(24-15)19-9-4-3-5-10-19)21(26)14-18-13-12-17-8-6-7-11-20(17)23-18/h3-13H,14H2,1-2H3. The number of ketones is 1. The highest BCUT2D eigenvalue weighted by Gasteiger charge is 2.20. The van der Waals surface area contributed by atoms with Crippen molar-refractivity contribution in [1.82, 2.24) is 14.8 Å². The van der Waals surface area contributed by atoms with E-state index in [1.54, 1.807) is 0 Å². The normalized spacial score (nSPS) is 11.0. The van der Waals surface area contributed by atoms with Gasteiger partial charge in [0.1, 0.15) is 0 Å². The maximum absolute atomic E-state index is 12.9. The number of hydrogen-bond donors (Lipinski definition) is 0. The van der Waals surface area contributed by atoms with Crippen LogP contribution in [-0.4, -0.2) is 20.5 Å². The Morgan fingerprint density at radius 3 is 2.46 bits per heavy atom. The van der Waals surface area contributed by atoms with Crippen molar-refractivity contribution in [2.75, 3.05) is 0 Å². The molecule has 26 heavy (non-hydrogen) atoms. The summed E-state index contributed by atoms with van der Waals surface area (Å²) >= 11 is 0. The van der Waals surface area contributed by atoms with Gasteiger partial charge in [-0.2, -0.15) is 5.10 Å². The molecule has 0 saturated heterocycles. The fraction of sp³-hybridized carbons (Fsp3) is 0.136. The van der Waals surface area contributed by atoms with Crippen LogP contribution in [0.1, 0.15) is 27.4 Å². The number of carbonyl (C=O) groups excluding carboxylic acids is 1. The zero-order chi connectivity index (χ0) is 18.1. The van der Waals surface area contributed by atoms with E-state index in [4.69, 9.17) is 0 Å². The number of carbonyl (C=O) groups is 1. The van der Waals surface area contributed by atoms with Gasteiger partial charge in [0.15, 0.2) is 5.78 Å². The fourth-order valence-electron chi connectivity index (χ4n) is 3.33. The topological polar surface area (TPSA) is 47.8 Å². The van der Waals surface area contributed by atoms with E-state index in [1.807, 2.05) is 85.3 Å². The number of fused-ring (bicyclic) bond motifs is 1. The Kier molecular flexibility index (Phi) is 4.09. The molecule has 0 spiro atoms. The SMILES string of the molecule is Cc1nn(-c2ccccc2)c(C)c1C(=O)Cc1ccc2ccccc2n1. The van der Waals surface area contributed by atoms with Crippen molar-refractivity contribution in [2.45, 2.75) is 20.3 Å². The third-order valence-electron chi connectivity index (χ3n) is 4.57. The summed E-state index contributed by atoms with van der Waals surface area (Å²) in [5, 5.41) is 5.65. The predicted molar refractivity (Wildman–Crippen MR) is 103 cm³/mol. The summed E-state index contributed by atoms with van der Waals surface area (Å²) in [7, 11) is 0. The van der Waals surface area contributed by atoms with Crippen molar-refractivity contribution in [3.05, 3.63) is 89.4 Å². The van der Waals surface area contributed by atoms with Crippen LogP contribution >= 0.6 is 0 Å². The molecule has 0 radical (unpaired) electrons. The molecular formula is C22H19N3O. The lowest BCUT2D eigenvalue weighted by molar-refractivity contribution is 0.0991. The van der Waals surface area contributed by atoms with Crippen LogP contribution in [-0.2, 0) is 6.42 Å². The number of nitrogens with zero attached hydrogens (tertiary/aromatic N) is 3. The Labute approximate surface area is 152 Å². The maximum atomic E-state index is 12.9. The van der Waals surface area contributed by atoms with Crippen LogP contribution in [0.15, 0.2) is 66.7 Å². The number of pyridine rings is 1. The second-order valence-corrected chi connectivity index (χ2v) is 6.39. The Bertz CT molecular complexity index is 1100. The minimum Gasteiger partial charge on any atom is -0.294 e. The average Bonchev–Trinajstić information content (AvgIpc) is 2.96. The second-order valence-electron chi connectivity index (χ2n) is 6.39. The summed E-state index contributed by atoms with van der Waals surface area (Å²) < 4.78 is 1.83. The monoisotopic (exact) mass is 341 g/mol. The van der Waals surface area contributed by atoms with Crippen LogP contribution in [0.3, 0.4) is 0 Å². The fourth-order valence-corrected chi connectivity index (χ4v) is 3.33. The Hall–Kier alpha value is -3.27. The van der Waals surface area contributed by atoms with Gasteiger partial charge in [-0.25, -0.2) is 4.68 Å². The Morgan fingerprint density at radius 1 is 0.923 bits per heavy atom. The predicted octanol–water partition coefficient (Wildman–Crippen LogP) is 4.46. The first kappa shape index (κ1) is 16.2. The van der Waals surface area contributed by atoms with Gasteiger partial charge in [0.2, 0.25) is 0 Å². The van der Waals surface area contributed by atoms with E-state index >= 15 is 0 Å². The van der Waals surface area contributed by atoms with Crippen molar-refractivity contribution < 1.29 is 4.79 Å². The molecule has 2 aromatic heterocycles. The number of rotatable bonds is 4. The molecule has 0 atom stereocenters. The minimum absolute atomic E-state index is 0.0463. The smallest absolute Gasteiger partial charge is 0.172 e. The third-order valence-corrected chi connectivity index (χ3v) is 4.57. The van der Waals surface area contributed by atoms with Gasteiger partial charge in [0.05, 0.1) is 34.6 Å². The molecule has 0 N–H and O–H groups in total. The average molecular weight is 341 g/mol. The van der Waals surface area contributed by atoms with Crippen molar-refractivity contribution in [2.24, 2.45) is 0 Å². The molecule has 0 unspecified atom stereocenters. The molecule has 2 aromatic carbocycles. The van der Waals surface area contributed by atoms with Gasteiger partial charge in [-0.15, -0.1) is 0 Å². The molecule has 2 heterocycles. The summed E-state index contributed by atoms with van der Waals surface area (Å²) in [6.45, 7) is 3.82. The first-order valence-electron chi connectivity index (χ1n) is 8.63. The summed E-state index contributed by atoms with van der Waals surface area (Å²) in [6, 6.07) is 21.7. The Morgan fingerprint density at radius 2 is 1.65 bits per heavy atom. The molecule has 0 bridgehead atoms. The highest BCUT2D eigenvalue weighted by molar-refractivity contribution is 5.99. The number of aromatic nitrogens is 3. The number of hydrogen-bond acceptors (Lipinski definition) is 3.